The molecule has 0 fully saturated rings. The summed E-state index contributed by atoms with van der Waals surface area (Å²) in [5.41, 5.74) is 1.10. The van der Waals surface area contributed by atoms with E-state index in [9.17, 15) is 13.2 Å². The van der Waals surface area contributed by atoms with Gasteiger partial charge in [0.2, 0.25) is 10.0 Å². The fourth-order valence-electron chi connectivity index (χ4n) is 2.21. The average molecular weight is 426 g/mol. The monoisotopic (exact) mass is 425 g/mol. The number of benzene rings is 1. The summed E-state index contributed by atoms with van der Waals surface area (Å²) < 4.78 is 28.4. The number of nitrogens with zero attached hydrogens (tertiary/aromatic N) is 3. The van der Waals surface area contributed by atoms with E-state index in [-0.39, 0.29) is 29.6 Å². The maximum Gasteiger partial charge on any atom is 0.270 e. The van der Waals surface area contributed by atoms with Crippen LogP contribution in [0.3, 0.4) is 0 Å². The molecule has 3 aromatic rings. The predicted molar refractivity (Wildman–Crippen MR) is 103 cm³/mol. The Kier molecular flexibility index (Phi) is 5.90. The summed E-state index contributed by atoms with van der Waals surface area (Å²) in [5.74, 6) is -0.372. The largest absolute Gasteiger partial charge is 0.349 e. The molecule has 0 aliphatic carbocycles. The van der Waals surface area contributed by atoms with Gasteiger partial charge in [-0.05, 0) is 18.2 Å². The van der Waals surface area contributed by atoms with Gasteiger partial charge in [0, 0.05) is 42.3 Å². The van der Waals surface area contributed by atoms with Gasteiger partial charge in [0.25, 0.3) is 5.91 Å². The smallest absolute Gasteiger partial charge is 0.270 e. The quantitative estimate of drug-likeness (QED) is 0.562. The minimum absolute atomic E-state index is 0.0419. The minimum atomic E-state index is -3.68. The first kappa shape index (κ1) is 19.5. The van der Waals surface area contributed by atoms with E-state index in [0.29, 0.717) is 10.0 Å². The van der Waals surface area contributed by atoms with Crippen LogP contribution in [0, 0.1) is 0 Å². The van der Waals surface area contributed by atoms with E-state index in [1.54, 1.807) is 35.4 Å². The SMILES string of the molecule is Cn1cc(-c2nc(C(=O)NCCNS(=O)(=O)c3cccc(Cl)c3)cs2)cn1. The standard InChI is InChI=1S/C16H16ClN5O3S2/c1-22-9-11(8-19-22)16-21-14(10-26-16)15(23)18-5-6-20-27(24,25)13-4-2-3-12(17)7-13/h2-4,7-10,20H,5-6H2,1H3,(H,18,23). The molecule has 11 heteroatoms. The molecule has 0 aliphatic rings. The van der Waals surface area contributed by atoms with Crippen molar-refractivity contribution in [2.75, 3.05) is 13.1 Å². The summed E-state index contributed by atoms with van der Waals surface area (Å²) in [6, 6.07) is 5.95. The summed E-state index contributed by atoms with van der Waals surface area (Å²) in [7, 11) is -1.88. The first-order valence-corrected chi connectivity index (χ1v) is 10.6. The van der Waals surface area contributed by atoms with Crippen LogP contribution in [0.15, 0.2) is 46.9 Å². The number of carbonyl (C=O) groups excluding carboxylic acids is 1. The molecule has 0 saturated heterocycles. The number of nitrogens with one attached hydrogen (secondary N) is 2. The van der Waals surface area contributed by atoms with Crippen LogP contribution < -0.4 is 10.0 Å². The zero-order valence-corrected chi connectivity index (χ0v) is 16.6. The van der Waals surface area contributed by atoms with Crippen molar-refractivity contribution in [3.63, 3.8) is 0 Å². The second-order valence-electron chi connectivity index (χ2n) is 5.55. The lowest BCUT2D eigenvalue weighted by molar-refractivity contribution is 0.0950. The topological polar surface area (TPSA) is 106 Å². The molecule has 2 heterocycles. The van der Waals surface area contributed by atoms with Crippen molar-refractivity contribution in [3.05, 3.63) is 52.8 Å². The highest BCUT2D eigenvalue weighted by Crippen LogP contribution is 2.22. The first-order chi connectivity index (χ1) is 12.8. The highest BCUT2D eigenvalue weighted by Gasteiger charge is 2.15. The Morgan fingerprint density at radius 2 is 2.15 bits per heavy atom. The Morgan fingerprint density at radius 3 is 2.85 bits per heavy atom. The molecule has 8 nitrogen and oxygen atoms in total. The van der Waals surface area contributed by atoms with Crippen molar-refractivity contribution < 1.29 is 13.2 Å². The number of thiazole rings is 1. The molecule has 2 N–H and O–H groups in total. The maximum absolute atomic E-state index is 12.2. The summed E-state index contributed by atoms with van der Waals surface area (Å²) in [5, 5.41) is 9.38. The first-order valence-electron chi connectivity index (χ1n) is 7.83. The van der Waals surface area contributed by atoms with Crippen LogP contribution >= 0.6 is 22.9 Å². The van der Waals surface area contributed by atoms with Gasteiger partial charge in [0.15, 0.2) is 0 Å². The normalized spacial score (nSPS) is 11.5. The van der Waals surface area contributed by atoms with Crippen LogP contribution in [0.25, 0.3) is 10.6 Å². The number of carbonyl (C=O) groups is 1. The number of hydrogen-bond acceptors (Lipinski definition) is 6. The van der Waals surface area contributed by atoms with Gasteiger partial charge < -0.3 is 5.32 Å². The molecular weight excluding hydrogens is 410 g/mol. The highest BCUT2D eigenvalue weighted by atomic mass is 35.5. The van der Waals surface area contributed by atoms with Crippen molar-refractivity contribution in [3.8, 4) is 10.6 Å². The van der Waals surface area contributed by atoms with Crippen molar-refractivity contribution in [2.45, 2.75) is 4.90 Å². The van der Waals surface area contributed by atoms with Crippen LogP contribution in [0.2, 0.25) is 5.02 Å². The number of aryl methyl sites for hydroxylation is 1. The average Bonchev–Trinajstić information content (AvgIpc) is 3.27. The fraction of sp³-hybridized carbons (Fsp3) is 0.188. The Bertz CT molecular complexity index is 1060. The number of sulfonamides is 1. The van der Waals surface area contributed by atoms with E-state index in [0.717, 1.165) is 5.56 Å². The molecule has 2 aromatic heterocycles. The Morgan fingerprint density at radius 1 is 1.33 bits per heavy atom. The molecule has 3 rings (SSSR count). The Hall–Kier alpha value is -2.27. The predicted octanol–water partition coefficient (Wildman–Crippen LogP) is 1.91. The molecule has 0 saturated carbocycles. The molecule has 27 heavy (non-hydrogen) atoms. The molecular formula is C16H16ClN5O3S2. The van der Waals surface area contributed by atoms with Gasteiger partial charge in [-0.2, -0.15) is 5.10 Å². The highest BCUT2D eigenvalue weighted by molar-refractivity contribution is 7.89. The van der Waals surface area contributed by atoms with Crippen LogP contribution in [-0.2, 0) is 17.1 Å². The molecule has 0 spiro atoms. The second kappa shape index (κ2) is 8.17. The van der Waals surface area contributed by atoms with Gasteiger partial charge in [-0.1, -0.05) is 17.7 Å². The van der Waals surface area contributed by atoms with Crippen LogP contribution in [0.5, 0.6) is 0 Å². The molecule has 1 amide bonds. The summed E-state index contributed by atoms with van der Waals surface area (Å²) in [6.07, 6.45) is 3.48. The van der Waals surface area contributed by atoms with Gasteiger partial charge in [0.05, 0.1) is 11.1 Å². The van der Waals surface area contributed by atoms with E-state index in [2.05, 4.69) is 20.1 Å². The van der Waals surface area contributed by atoms with Crippen LogP contribution in [0.4, 0.5) is 0 Å². The van der Waals surface area contributed by atoms with Crippen LogP contribution in [0.1, 0.15) is 10.5 Å². The van der Waals surface area contributed by atoms with E-state index < -0.39 is 10.0 Å². The Balaban J connectivity index is 1.52. The molecule has 142 valence electrons. The lowest BCUT2D eigenvalue weighted by Crippen LogP contribution is -2.34. The number of amides is 1. The van der Waals surface area contributed by atoms with Gasteiger partial charge in [-0.3, -0.25) is 9.48 Å². The minimum Gasteiger partial charge on any atom is -0.349 e. The van der Waals surface area contributed by atoms with Gasteiger partial charge in [-0.15, -0.1) is 11.3 Å². The van der Waals surface area contributed by atoms with Crippen molar-refractivity contribution >= 4 is 38.9 Å². The molecule has 0 unspecified atom stereocenters. The third kappa shape index (κ3) is 4.92. The van der Waals surface area contributed by atoms with E-state index in [4.69, 9.17) is 11.6 Å². The van der Waals surface area contributed by atoms with Crippen molar-refractivity contribution in [1.29, 1.82) is 0 Å². The van der Waals surface area contributed by atoms with E-state index >= 15 is 0 Å². The fourth-order valence-corrected chi connectivity index (χ4v) is 4.32. The molecule has 0 bridgehead atoms. The summed E-state index contributed by atoms with van der Waals surface area (Å²) in [6.45, 7) is 0.165. The third-order valence-corrected chi connectivity index (χ3v) is 6.08. The number of aromatic nitrogens is 3. The molecule has 0 aliphatic heterocycles. The second-order valence-corrected chi connectivity index (χ2v) is 8.61. The summed E-state index contributed by atoms with van der Waals surface area (Å²) >= 11 is 7.15. The summed E-state index contributed by atoms with van der Waals surface area (Å²) in [4.78, 5) is 16.5. The lowest BCUT2D eigenvalue weighted by atomic mass is 10.4. The van der Waals surface area contributed by atoms with Gasteiger partial charge in [0.1, 0.15) is 10.7 Å². The molecule has 1 aromatic carbocycles. The zero-order valence-electron chi connectivity index (χ0n) is 14.2. The third-order valence-electron chi connectivity index (χ3n) is 3.50. The number of hydrogen-bond donors (Lipinski definition) is 2. The van der Waals surface area contributed by atoms with E-state index in [1.165, 1.54) is 23.5 Å². The molecule has 0 radical (unpaired) electrons. The van der Waals surface area contributed by atoms with Gasteiger partial charge >= 0.3 is 0 Å². The Labute approximate surface area is 165 Å². The van der Waals surface area contributed by atoms with E-state index in [1.807, 2.05) is 6.20 Å². The van der Waals surface area contributed by atoms with Crippen molar-refractivity contribution in [2.24, 2.45) is 7.05 Å². The number of rotatable bonds is 7. The van der Waals surface area contributed by atoms with Crippen LogP contribution in [-0.4, -0.2) is 42.2 Å². The number of halogens is 1. The van der Waals surface area contributed by atoms with Crippen molar-refractivity contribution in [1.82, 2.24) is 24.8 Å². The zero-order chi connectivity index (χ0) is 19.4. The van der Waals surface area contributed by atoms with Gasteiger partial charge in [-0.25, -0.2) is 18.1 Å². The lowest BCUT2D eigenvalue weighted by Gasteiger charge is -2.07. The maximum atomic E-state index is 12.2. The molecule has 0 atom stereocenters.